The Balaban J connectivity index is 1.69. The number of fused-ring (bicyclic) bond motifs is 1. The molecule has 1 amide bonds. The fourth-order valence-corrected chi connectivity index (χ4v) is 3.49. The Morgan fingerprint density at radius 2 is 2.40 bits per heavy atom. The number of hydrogen-bond acceptors (Lipinski definition) is 4. The van der Waals surface area contributed by atoms with Crippen LogP contribution in [0.5, 0.6) is 0 Å². The SMILES string of the molecule is CC(NC1CCC(=O)N(C)C1)c1cnc2ccsc2c1. The summed E-state index contributed by atoms with van der Waals surface area (Å²) >= 11 is 1.72. The Morgan fingerprint density at radius 3 is 3.20 bits per heavy atom. The molecule has 2 unspecified atom stereocenters. The second-order valence-corrected chi connectivity index (χ2v) is 6.42. The third-order valence-electron chi connectivity index (χ3n) is 3.94. The Morgan fingerprint density at radius 1 is 1.55 bits per heavy atom. The maximum absolute atomic E-state index is 11.5. The second-order valence-electron chi connectivity index (χ2n) is 5.47. The standard InChI is InChI=1S/C15H19N3OS/c1-10(17-12-3-4-15(19)18(2)9-12)11-7-14-13(16-8-11)5-6-20-14/h5-8,10,12,17H,3-4,9H2,1-2H3. The van der Waals surface area contributed by atoms with Gasteiger partial charge in [-0.05, 0) is 36.4 Å². The number of amides is 1. The molecule has 2 aromatic rings. The number of likely N-dealkylation sites (N-methyl/N-ethyl adjacent to an activating group) is 1. The summed E-state index contributed by atoms with van der Waals surface area (Å²) in [4.78, 5) is 17.8. The maximum atomic E-state index is 11.5. The minimum Gasteiger partial charge on any atom is -0.344 e. The molecule has 3 heterocycles. The Kier molecular flexibility index (Phi) is 3.72. The molecule has 0 spiro atoms. The lowest BCUT2D eigenvalue weighted by Gasteiger charge is -2.32. The van der Waals surface area contributed by atoms with Crippen LogP contribution in [0.15, 0.2) is 23.7 Å². The van der Waals surface area contributed by atoms with E-state index in [-0.39, 0.29) is 11.9 Å². The molecule has 1 N–H and O–H groups in total. The van der Waals surface area contributed by atoms with E-state index in [1.165, 1.54) is 10.3 Å². The maximum Gasteiger partial charge on any atom is 0.222 e. The molecule has 5 heteroatoms. The number of rotatable bonds is 3. The van der Waals surface area contributed by atoms with E-state index in [0.717, 1.165) is 18.5 Å². The van der Waals surface area contributed by atoms with Gasteiger partial charge in [-0.1, -0.05) is 0 Å². The lowest BCUT2D eigenvalue weighted by Crippen LogP contribution is -2.47. The molecule has 4 nitrogen and oxygen atoms in total. The molecule has 0 aromatic carbocycles. The summed E-state index contributed by atoms with van der Waals surface area (Å²) < 4.78 is 1.23. The number of nitrogens with zero attached hydrogens (tertiary/aromatic N) is 2. The Hall–Kier alpha value is -1.46. The van der Waals surface area contributed by atoms with Crippen LogP contribution in [0.4, 0.5) is 0 Å². The quantitative estimate of drug-likeness (QED) is 0.944. The average molecular weight is 289 g/mol. The average Bonchev–Trinajstić information content (AvgIpc) is 2.90. The van der Waals surface area contributed by atoms with E-state index in [0.29, 0.717) is 12.5 Å². The first-order valence-corrected chi connectivity index (χ1v) is 7.84. The van der Waals surface area contributed by atoms with Gasteiger partial charge >= 0.3 is 0 Å². The first kappa shape index (κ1) is 13.5. The summed E-state index contributed by atoms with van der Waals surface area (Å²) in [6.45, 7) is 2.95. The van der Waals surface area contributed by atoms with Gasteiger partial charge < -0.3 is 10.2 Å². The molecule has 106 valence electrons. The lowest BCUT2D eigenvalue weighted by atomic mass is 10.0. The molecular weight excluding hydrogens is 270 g/mol. The Bertz CT molecular complexity index is 624. The third-order valence-corrected chi connectivity index (χ3v) is 4.79. The van der Waals surface area contributed by atoms with Crippen LogP contribution in [0.1, 0.15) is 31.4 Å². The normalized spacial score (nSPS) is 21.4. The third kappa shape index (κ3) is 2.69. The van der Waals surface area contributed by atoms with Crippen molar-refractivity contribution < 1.29 is 4.79 Å². The number of thiophene rings is 1. The smallest absolute Gasteiger partial charge is 0.222 e. The molecule has 1 aliphatic heterocycles. The largest absolute Gasteiger partial charge is 0.344 e. The number of nitrogens with one attached hydrogen (secondary N) is 1. The summed E-state index contributed by atoms with van der Waals surface area (Å²) in [6.07, 6.45) is 3.51. The van der Waals surface area contributed by atoms with Crippen molar-refractivity contribution in [2.75, 3.05) is 13.6 Å². The Labute approximate surface area is 122 Å². The molecule has 1 saturated heterocycles. The van der Waals surface area contributed by atoms with E-state index >= 15 is 0 Å². The lowest BCUT2D eigenvalue weighted by molar-refractivity contribution is -0.132. The van der Waals surface area contributed by atoms with Gasteiger partial charge in [0.05, 0.1) is 10.2 Å². The van der Waals surface area contributed by atoms with Crippen molar-refractivity contribution >= 4 is 27.5 Å². The predicted molar refractivity (Wildman–Crippen MR) is 81.8 cm³/mol. The molecule has 1 aliphatic rings. The van der Waals surface area contributed by atoms with E-state index < -0.39 is 0 Å². The van der Waals surface area contributed by atoms with Gasteiger partial charge in [0.2, 0.25) is 5.91 Å². The van der Waals surface area contributed by atoms with Crippen LogP contribution in [0.2, 0.25) is 0 Å². The monoisotopic (exact) mass is 289 g/mol. The zero-order valence-corrected chi connectivity index (χ0v) is 12.6. The second kappa shape index (κ2) is 5.50. The fraction of sp³-hybridized carbons (Fsp3) is 0.467. The predicted octanol–water partition coefficient (Wildman–Crippen LogP) is 2.57. The number of carbonyl (C=O) groups excluding carboxylic acids is 1. The van der Waals surface area contributed by atoms with E-state index in [2.05, 4.69) is 28.7 Å². The molecule has 20 heavy (non-hydrogen) atoms. The van der Waals surface area contributed by atoms with E-state index in [4.69, 9.17) is 0 Å². The minimum atomic E-state index is 0.248. The van der Waals surface area contributed by atoms with Crippen molar-refractivity contribution in [2.24, 2.45) is 0 Å². The molecule has 1 fully saturated rings. The van der Waals surface area contributed by atoms with Gasteiger partial charge in [0.15, 0.2) is 0 Å². The minimum absolute atomic E-state index is 0.248. The van der Waals surface area contributed by atoms with Crippen LogP contribution in [0.3, 0.4) is 0 Å². The number of likely N-dealkylation sites (tertiary alicyclic amines) is 1. The van der Waals surface area contributed by atoms with Crippen molar-refractivity contribution in [1.82, 2.24) is 15.2 Å². The number of hydrogen-bond donors (Lipinski definition) is 1. The highest BCUT2D eigenvalue weighted by Gasteiger charge is 2.24. The van der Waals surface area contributed by atoms with Crippen LogP contribution in [0.25, 0.3) is 10.2 Å². The van der Waals surface area contributed by atoms with Gasteiger partial charge in [-0.2, -0.15) is 0 Å². The number of pyridine rings is 1. The van der Waals surface area contributed by atoms with Crippen LogP contribution >= 0.6 is 11.3 Å². The van der Waals surface area contributed by atoms with Crippen LogP contribution in [-0.4, -0.2) is 35.4 Å². The molecule has 0 saturated carbocycles. The molecule has 0 aliphatic carbocycles. The zero-order valence-electron chi connectivity index (χ0n) is 11.8. The van der Waals surface area contributed by atoms with Crippen molar-refractivity contribution in [1.29, 1.82) is 0 Å². The van der Waals surface area contributed by atoms with Gasteiger partial charge in [0.1, 0.15) is 0 Å². The molecular formula is C15H19N3OS. The number of piperidine rings is 1. The van der Waals surface area contributed by atoms with Crippen LogP contribution < -0.4 is 5.32 Å². The number of carbonyl (C=O) groups is 1. The van der Waals surface area contributed by atoms with Gasteiger partial charge in [-0.3, -0.25) is 9.78 Å². The molecule has 0 radical (unpaired) electrons. The van der Waals surface area contributed by atoms with Gasteiger partial charge in [-0.25, -0.2) is 0 Å². The highest BCUT2D eigenvalue weighted by molar-refractivity contribution is 7.17. The van der Waals surface area contributed by atoms with Crippen LogP contribution in [-0.2, 0) is 4.79 Å². The first-order valence-electron chi connectivity index (χ1n) is 6.96. The van der Waals surface area contributed by atoms with Crippen molar-refractivity contribution in [2.45, 2.75) is 31.8 Å². The topological polar surface area (TPSA) is 45.2 Å². The summed E-state index contributed by atoms with van der Waals surface area (Å²) in [6, 6.07) is 4.87. The molecule has 0 bridgehead atoms. The summed E-state index contributed by atoms with van der Waals surface area (Å²) in [7, 11) is 1.88. The van der Waals surface area contributed by atoms with Crippen molar-refractivity contribution in [3.05, 3.63) is 29.3 Å². The summed E-state index contributed by atoms with van der Waals surface area (Å²) in [5.74, 6) is 0.248. The number of aromatic nitrogens is 1. The molecule has 3 rings (SSSR count). The summed E-state index contributed by atoms with van der Waals surface area (Å²) in [5.41, 5.74) is 2.27. The zero-order chi connectivity index (χ0) is 14.1. The highest BCUT2D eigenvalue weighted by Crippen LogP contribution is 2.23. The molecule has 2 atom stereocenters. The van der Waals surface area contributed by atoms with Gasteiger partial charge in [0.25, 0.3) is 0 Å². The van der Waals surface area contributed by atoms with E-state index in [1.54, 1.807) is 11.3 Å². The first-order chi connectivity index (χ1) is 9.63. The fourth-order valence-electron chi connectivity index (χ4n) is 2.70. The van der Waals surface area contributed by atoms with E-state index in [9.17, 15) is 4.79 Å². The molecule has 2 aromatic heterocycles. The summed E-state index contributed by atoms with van der Waals surface area (Å²) in [5, 5.41) is 5.68. The van der Waals surface area contributed by atoms with Crippen molar-refractivity contribution in [3.8, 4) is 0 Å². The van der Waals surface area contributed by atoms with Crippen LogP contribution in [0, 0.1) is 0 Å². The van der Waals surface area contributed by atoms with Crippen molar-refractivity contribution in [3.63, 3.8) is 0 Å². The van der Waals surface area contributed by atoms with E-state index in [1.807, 2.05) is 24.2 Å². The van der Waals surface area contributed by atoms with Gasteiger partial charge in [0, 0.05) is 38.3 Å². The van der Waals surface area contributed by atoms with Gasteiger partial charge in [-0.15, -0.1) is 11.3 Å². The highest BCUT2D eigenvalue weighted by atomic mass is 32.1.